The van der Waals surface area contributed by atoms with Crippen molar-refractivity contribution in [3.63, 3.8) is 0 Å². The topological polar surface area (TPSA) is 95.9 Å². The van der Waals surface area contributed by atoms with Crippen LogP contribution in [0.4, 0.5) is 4.79 Å². The highest BCUT2D eigenvalue weighted by Crippen LogP contribution is 2.01. The molecule has 0 saturated carbocycles. The second-order valence-electron chi connectivity index (χ2n) is 3.30. The highest BCUT2D eigenvalue weighted by atomic mass is 32.2. The minimum Gasteiger partial charge on any atom is -0.449 e. The van der Waals surface area contributed by atoms with Gasteiger partial charge in [-0.3, -0.25) is 0 Å². The number of amides is 1. The second kappa shape index (κ2) is 8.26. The van der Waals surface area contributed by atoms with Crippen LogP contribution in [0.5, 0.6) is 0 Å². The lowest BCUT2D eigenvalue weighted by Gasteiger charge is -2.20. The van der Waals surface area contributed by atoms with Crippen molar-refractivity contribution in [2.45, 2.75) is 26.7 Å². The normalized spacial score (nSPS) is 11.5. The number of carbonyl (C=O) groups is 1. The van der Waals surface area contributed by atoms with Crippen LogP contribution in [0.2, 0.25) is 0 Å². The Bertz CT molecular complexity index is 317. The summed E-state index contributed by atoms with van der Waals surface area (Å²) in [4.78, 5) is 11.0. The zero-order valence-corrected chi connectivity index (χ0v) is 11.0. The number of hydrogen-bond donors (Lipinski definition) is 2. The van der Waals surface area contributed by atoms with Crippen molar-refractivity contribution in [1.29, 1.82) is 0 Å². The number of unbranched alkanes of at least 4 members (excludes halogenated alkanes) is 1. The van der Waals surface area contributed by atoms with Crippen molar-refractivity contribution in [2.24, 2.45) is 0 Å². The molecule has 0 aliphatic heterocycles. The van der Waals surface area contributed by atoms with Gasteiger partial charge in [-0.25, -0.2) is 9.52 Å². The van der Waals surface area contributed by atoms with Crippen LogP contribution in [0.1, 0.15) is 26.7 Å². The summed E-state index contributed by atoms with van der Waals surface area (Å²) in [7, 11) is -3.93. The average molecular weight is 268 g/mol. The standard InChI is InChI=1S/C9H20N2O5S/c1-3-5-6-11(7-8-12)17(14,15)10-9(13)16-4-2/h12H,3-8H2,1-2H3,(H,10,13). The van der Waals surface area contributed by atoms with Crippen LogP contribution >= 0.6 is 0 Å². The third-order valence-electron chi connectivity index (χ3n) is 1.94. The molecule has 0 fully saturated rings. The van der Waals surface area contributed by atoms with E-state index in [1.54, 1.807) is 11.6 Å². The van der Waals surface area contributed by atoms with E-state index in [1.807, 2.05) is 6.92 Å². The molecule has 0 aromatic rings. The van der Waals surface area contributed by atoms with E-state index < -0.39 is 16.3 Å². The van der Waals surface area contributed by atoms with Crippen LogP contribution in [0.25, 0.3) is 0 Å². The van der Waals surface area contributed by atoms with Gasteiger partial charge in [-0.15, -0.1) is 0 Å². The first-order valence-electron chi connectivity index (χ1n) is 5.53. The molecule has 0 heterocycles. The van der Waals surface area contributed by atoms with Crippen molar-refractivity contribution >= 4 is 16.3 Å². The molecule has 7 nitrogen and oxygen atoms in total. The molecule has 0 rings (SSSR count). The Morgan fingerprint density at radius 3 is 2.47 bits per heavy atom. The molecule has 102 valence electrons. The van der Waals surface area contributed by atoms with E-state index in [2.05, 4.69) is 4.74 Å². The van der Waals surface area contributed by atoms with Gasteiger partial charge in [-0.2, -0.15) is 12.7 Å². The average Bonchev–Trinajstić information content (AvgIpc) is 2.23. The lowest BCUT2D eigenvalue weighted by atomic mass is 10.3. The molecule has 0 spiro atoms. The Morgan fingerprint density at radius 1 is 1.35 bits per heavy atom. The van der Waals surface area contributed by atoms with Gasteiger partial charge in [0.05, 0.1) is 13.2 Å². The first-order valence-corrected chi connectivity index (χ1v) is 6.97. The number of nitrogens with one attached hydrogen (secondary N) is 1. The van der Waals surface area contributed by atoms with Gasteiger partial charge in [-0.1, -0.05) is 13.3 Å². The fraction of sp³-hybridized carbons (Fsp3) is 0.889. The number of rotatable bonds is 8. The van der Waals surface area contributed by atoms with Crippen molar-refractivity contribution in [3.05, 3.63) is 0 Å². The molecule has 0 unspecified atom stereocenters. The van der Waals surface area contributed by atoms with Gasteiger partial charge in [0.2, 0.25) is 0 Å². The van der Waals surface area contributed by atoms with Gasteiger partial charge in [0.15, 0.2) is 0 Å². The summed E-state index contributed by atoms with van der Waals surface area (Å²) in [6.45, 7) is 3.50. The Labute approximate surface area is 102 Å². The maximum absolute atomic E-state index is 11.7. The molecule has 0 aromatic carbocycles. The number of nitrogens with zero attached hydrogens (tertiary/aromatic N) is 1. The van der Waals surface area contributed by atoms with E-state index >= 15 is 0 Å². The van der Waals surface area contributed by atoms with Crippen LogP contribution in [0.15, 0.2) is 0 Å². The quantitative estimate of drug-likeness (QED) is 0.649. The first-order chi connectivity index (χ1) is 7.97. The first kappa shape index (κ1) is 16.1. The van der Waals surface area contributed by atoms with E-state index in [-0.39, 0.29) is 26.3 Å². The van der Waals surface area contributed by atoms with Crippen LogP contribution < -0.4 is 4.72 Å². The smallest absolute Gasteiger partial charge is 0.421 e. The molecule has 0 radical (unpaired) electrons. The molecular formula is C9H20N2O5S. The van der Waals surface area contributed by atoms with Gasteiger partial charge < -0.3 is 9.84 Å². The zero-order valence-electron chi connectivity index (χ0n) is 10.2. The molecule has 0 atom stereocenters. The van der Waals surface area contributed by atoms with E-state index in [0.717, 1.165) is 10.7 Å². The predicted octanol–water partition coefficient (Wildman–Crippen LogP) is 0.0717. The third kappa shape index (κ3) is 6.44. The van der Waals surface area contributed by atoms with Gasteiger partial charge in [-0.05, 0) is 13.3 Å². The summed E-state index contributed by atoms with van der Waals surface area (Å²) in [5, 5.41) is 8.79. The summed E-state index contributed by atoms with van der Waals surface area (Å²) in [6.07, 6.45) is 0.465. The van der Waals surface area contributed by atoms with Gasteiger partial charge in [0.1, 0.15) is 0 Å². The van der Waals surface area contributed by atoms with Crippen molar-refractivity contribution in [2.75, 3.05) is 26.3 Å². The molecule has 1 amide bonds. The van der Waals surface area contributed by atoms with E-state index in [9.17, 15) is 13.2 Å². The Hall–Kier alpha value is -0.860. The lowest BCUT2D eigenvalue weighted by molar-refractivity contribution is 0.157. The van der Waals surface area contributed by atoms with Gasteiger partial charge >= 0.3 is 16.3 Å². The number of aliphatic hydroxyl groups is 1. The number of ether oxygens (including phenoxy) is 1. The second-order valence-corrected chi connectivity index (χ2v) is 4.97. The van der Waals surface area contributed by atoms with E-state index in [0.29, 0.717) is 6.42 Å². The highest BCUT2D eigenvalue weighted by molar-refractivity contribution is 7.87. The van der Waals surface area contributed by atoms with Crippen molar-refractivity contribution < 1.29 is 23.1 Å². The summed E-state index contributed by atoms with van der Waals surface area (Å²) < 4.78 is 30.7. The monoisotopic (exact) mass is 268 g/mol. The fourth-order valence-corrected chi connectivity index (χ4v) is 2.22. The predicted molar refractivity (Wildman–Crippen MR) is 62.6 cm³/mol. The van der Waals surface area contributed by atoms with Crippen LogP contribution in [0.3, 0.4) is 0 Å². The largest absolute Gasteiger partial charge is 0.449 e. The van der Waals surface area contributed by atoms with Gasteiger partial charge in [0, 0.05) is 13.1 Å². The molecule has 0 aliphatic carbocycles. The maximum Gasteiger partial charge on any atom is 0.421 e. The number of carbonyl (C=O) groups excluding carboxylic acids is 1. The zero-order chi connectivity index (χ0) is 13.3. The fourth-order valence-electron chi connectivity index (χ4n) is 1.13. The molecule has 0 bridgehead atoms. The highest BCUT2D eigenvalue weighted by Gasteiger charge is 2.23. The summed E-state index contributed by atoms with van der Waals surface area (Å²) in [6, 6.07) is 0. The summed E-state index contributed by atoms with van der Waals surface area (Å²) in [5.74, 6) is 0. The minimum absolute atomic E-state index is 0.0469. The summed E-state index contributed by atoms with van der Waals surface area (Å²) in [5.41, 5.74) is 0. The molecule has 0 aliphatic rings. The number of hydrogen-bond acceptors (Lipinski definition) is 5. The number of aliphatic hydroxyl groups excluding tert-OH is 1. The molecule has 0 saturated heterocycles. The summed E-state index contributed by atoms with van der Waals surface area (Å²) >= 11 is 0. The van der Waals surface area contributed by atoms with Crippen LogP contribution in [-0.4, -0.2) is 50.2 Å². The van der Waals surface area contributed by atoms with Gasteiger partial charge in [0.25, 0.3) is 0 Å². The SMILES string of the molecule is CCCCN(CCO)S(=O)(=O)NC(=O)OCC. The molecular weight excluding hydrogens is 248 g/mol. The molecule has 0 aromatic heterocycles. The molecule has 17 heavy (non-hydrogen) atoms. The Morgan fingerprint density at radius 2 is 2.00 bits per heavy atom. The lowest BCUT2D eigenvalue weighted by Crippen LogP contribution is -2.45. The maximum atomic E-state index is 11.7. The molecule has 8 heteroatoms. The van der Waals surface area contributed by atoms with Crippen molar-refractivity contribution in [3.8, 4) is 0 Å². The third-order valence-corrected chi connectivity index (χ3v) is 3.41. The van der Waals surface area contributed by atoms with E-state index in [1.165, 1.54) is 0 Å². The Balaban J connectivity index is 4.53. The Kier molecular flexibility index (Phi) is 7.85. The van der Waals surface area contributed by atoms with E-state index in [4.69, 9.17) is 5.11 Å². The minimum atomic E-state index is -3.93. The molecule has 2 N–H and O–H groups in total. The van der Waals surface area contributed by atoms with Crippen LogP contribution in [-0.2, 0) is 14.9 Å². The van der Waals surface area contributed by atoms with Crippen molar-refractivity contribution in [1.82, 2.24) is 9.03 Å². The van der Waals surface area contributed by atoms with Crippen LogP contribution in [0, 0.1) is 0 Å².